The zero-order valence-corrected chi connectivity index (χ0v) is 13.7. The molecule has 0 saturated carbocycles. The summed E-state index contributed by atoms with van der Waals surface area (Å²) >= 11 is 1.32. The molecule has 0 bridgehead atoms. The summed E-state index contributed by atoms with van der Waals surface area (Å²) in [5, 5.41) is 14.6. The molecule has 0 amide bonds. The van der Waals surface area contributed by atoms with Gasteiger partial charge >= 0.3 is 6.01 Å². The first-order chi connectivity index (χ1) is 11.5. The van der Waals surface area contributed by atoms with Crippen LogP contribution >= 0.6 is 11.3 Å². The number of non-ortho nitro benzene ring substituents is 1. The van der Waals surface area contributed by atoms with Gasteiger partial charge < -0.3 is 4.42 Å². The molecule has 2 heterocycles. The summed E-state index contributed by atoms with van der Waals surface area (Å²) in [5.74, 6) is 0. The number of nitro groups is 1. The minimum absolute atomic E-state index is 0.0625. The fourth-order valence-corrected chi connectivity index (χ4v) is 3.48. The molecular formula is C16H12N4O3S. The van der Waals surface area contributed by atoms with Crippen molar-refractivity contribution in [2.45, 2.75) is 13.8 Å². The lowest BCUT2D eigenvalue weighted by molar-refractivity contribution is -0.384. The van der Waals surface area contributed by atoms with Crippen molar-refractivity contribution < 1.29 is 9.34 Å². The predicted molar refractivity (Wildman–Crippen MR) is 93.0 cm³/mol. The van der Waals surface area contributed by atoms with Crippen molar-refractivity contribution in [1.29, 1.82) is 0 Å². The van der Waals surface area contributed by atoms with E-state index in [4.69, 9.17) is 4.42 Å². The third-order valence-corrected chi connectivity index (χ3v) is 4.56. The lowest BCUT2D eigenvalue weighted by Crippen LogP contribution is -1.89. The van der Waals surface area contributed by atoms with Crippen LogP contribution in [0.3, 0.4) is 0 Å². The van der Waals surface area contributed by atoms with Crippen LogP contribution in [0.5, 0.6) is 0 Å². The number of nitrogens with one attached hydrogen (secondary N) is 1. The Kier molecular flexibility index (Phi) is 3.20. The van der Waals surface area contributed by atoms with Crippen molar-refractivity contribution in [3.05, 3.63) is 51.6 Å². The number of anilines is 2. The van der Waals surface area contributed by atoms with Gasteiger partial charge in [0.05, 0.1) is 15.1 Å². The van der Waals surface area contributed by atoms with Gasteiger partial charge in [0.15, 0.2) is 10.7 Å². The van der Waals surface area contributed by atoms with E-state index in [1.807, 2.05) is 25.1 Å². The van der Waals surface area contributed by atoms with Crippen LogP contribution in [-0.4, -0.2) is 14.9 Å². The second-order valence-corrected chi connectivity index (χ2v) is 6.53. The summed E-state index contributed by atoms with van der Waals surface area (Å²) in [4.78, 5) is 19.4. The van der Waals surface area contributed by atoms with Crippen LogP contribution in [0.2, 0.25) is 0 Å². The fraction of sp³-hybridized carbons (Fsp3) is 0.125. The van der Waals surface area contributed by atoms with Gasteiger partial charge in [0.25, 0.3) is 5.69 Å². The van der Waals surface area contributed by atoms with Gasteiger partial charge in [0.2, 0.25) is 0 Å². The number of aromatic nitrogens is 2. The topological polar surface area (TPSA) is 94.1 Å². The summed E-state index contributed by atoms with van der Waals surface area (Å²) < 4.78 is 6.42. The monoisotopic (exact) mass is 340 g/mol. The summed E-state index contributed by atoms with van der Waals surface area (Å²) in [6, 6.07) is 9.18. The smallest absolute Gasteiger partial charge is 0.302 e. The molecular weight excluding hydrogens is 328 g/mol. The number of thiazole rings is 1. The first-order valence-electron chi connectivity index (χ1n) is 7.19. The predicted octanol–water partition coefficient (Wildman–Crippen LogP) is 4.71. The van der Waals surface area contributed by atoms with Gasteiger partial charge in [0, 0.05) is 12.1 Å². The van der Waals surface area contributed by atoms with E-state index < -0.39 is 4.92 Å². The second-order valence-electron chi connectivity index (χ2n) is 5.50. The van der Waals surface area contributed by atoms with E-state index in [0.29, 0.717) is 16.7 Å². The summed E-state index contributed by atoms with van der Waals surface area (Å²) in [7, 11) is 0. The lowest BCUT2D eigenvalue weighted by Gasteiger charge is -1.95. The van der Waals surface area contributed by atoms with Crippen molar-refractivity contribution in [3.8, 4) is 0 Å². The number of oxazole rings is 1. The Hall–Kier alpha value is -3.00. The third kappa shape index (κ3) is 2.46. The van der Waals surface area contributed by atoms with Gasteiger partial charge in [-0.05, 0) is 37.1 Å². The molecule has 1 N–H and O–H groups in total. The molecule has 24 heavy (non-hydrogen) atoms. The van der Waals surface area contributed by atoms with Crippen LogP contribution in [0.15, 0.2) is 34.7 Å². The van der Waals surface area contributed by atoms with Crippen LogP contribution in [0.25, 0.3) is 21.3 Å². The maximum absolute atomic E-state index is 11.0. The average Bonchev–Trinajstić information content (AvgIpc) is 3.10. The summed E-state index contributed by atoms with van der Waals surface area (Å²) in [6.45, 7) is 3.79. The number of benzene rings is 2. The Morgan fingerprint density at radius 1 is 1.21 bits per heavy atom. The number of nitro benzene ring substituents is 1. The Morgan fingerprint density at radius 3 is 2.83 bits per heavy atom. The maximum atomic E-state index is 11.0. The molecule has 0 atom stereocenters. The number of fused-ring (bicyclic) bond motifs is 2. The van der Waals surface area contributed by atoms with E-state index in [9.17, 15) is 10.1 Å². The van der Waals surface area contributed by atoms with E-state index >= 15 is 0 Å². The van der Waals surface area contributed by atoms with E-state index in [-0.39, 0.29) is 5.69 Å². The van der Waals surface area contributed by atoms with E-state index in [1.165, 1.54) is 23.5 Å². The fourth-order valence-electron chi connectivity index (χ4n) is 2.51. The highest BCUT2D eigenvalue weighted by atomic mass is 32.1. The molecule has 0 fully saturated rings. The third-order valence-electron chi connectivity index (χ3n) is 3.64. The van der Waals surface area contributed by atoms with Gasteiger partial charge in [-0.1, -0.05) is 17.4 Å². The van der Waals surface area contributed by atoms with E-state index in [2.05, 4.69) is 15.3 Å². The molecule has 0 spiro atoms. The molecule has 0 radical (unpaired) electrons. The number of aryl methyl sites for hydroxylation is 2. The number of hydrogen-bond donors (Lipinski definition) is 1. The molecule has 8 heteroatoms. The molecule has 2 aromatic carbocycles. The first kappa shape index (κ1) is 14.6. The van der Waals surface area contributed by atoms with Crippen molar-refractivity contribution >= 4 is 49.5 Å². The maximum Gasteiger partial charge on any atom is 0.302 e. The van der Waals surface area contributed by atoms with E-state index in [1.54, 1.807) is 6.92 Å². The van der Waals surface area contributed by atoms with Gasteiger partial charge in [-0.3, -0.25) is 15.4 Å². The number of rotatable bonds is 3. The highest BCUT2D eigenvalue weighted by Gasteiger charge is 2.15. The van der Waals surface area contributed by atoms with Crippen LogP contribution in [-0.2, 0) is 0 Å². The van der Waals surface area contributed by atoms with Gasteiger partial charge in [-0.2, -0.15) is 4.98 Å². The molecule has 2 aromatic heterocycles. The van der Waals surface area contributed by atoms with E-state index in [0.717, 1.165) is 26.9 Å². The van der Waals surface area contributed by atoms with Crippen LogP contribution in [0.4, 0.5) is 16.8 Å². The number of hydrogen-bond acceptors (Lipinski definition) is 7. The molecule has 4 aromatic rings. The molecule has 0 aliphatic carbocycles. The van der Waals surface area contributed by atoms with Crippen molar-refractivity contribution in [3.63, 3.8) is 0 Å². The zero-order chi connectivity index (χ0) is 16.8. The largest absolute Gasteiger partial charge is 0.423 e. The average molecular weight is 340 g/mol. The zero-order valence-electron chi connectivity index (χ0n) is 12.9. The van der Waals surface area contributed by atoms with Crippen molar-refractivity contribution in [2.75, 3.05) is 5.32 Å². The van der Waals surface area contributed by atoms with Gasteiger partial charge in [0.1, 0.15) is 5.52 Å². The first-order valence-corrected chi connectivity index (χ1v) is 8.01. The molecule has 0 saturated heterocycles. The Morgan fingerprint density at radius 2 is 2.04 bits per heavy atom. The van der Waals surface area contributed by atoms with Gasteiger partial charge in [-0.15, -0.1) is 0 Å². The standard InChI is InChI=1S/C16H12N4O3S/c1-8-3-4-11-12(5-8)23-15(17-11)19-16-18-14-9(2)6-10(20(21)22)7-13(14)24-16/h3-7H,1-2H3,(H,17,18,19). The van der Waals surface area contributed by atoms with Crippen LogP contribution in [0.1, 0.15) is 11.1 Å². The Labute approximate surface area is 140 Å². The van der Waals surface area contributed by atoms with Gasteiger partial charge in [-0.25, -0.2) is 4.98 Å². The Bertz CT molecular complexity index is 1100. The molecule has 0 aliphatic rings. The summed E-state index contributed by atoms with van der Waals surface area (Å²) in [6.07, 6.45) is 0. The molecule has 0 aliphatic heterocycles. The normalized spacial score (nSPS) is 11.2. The molecule has 7 nitrogen and oxygen atoms in total. The SMILES string of the molecule is Cc1ccc2nc(Nc3nc4c(C)cc([N+](=O)[O-])cc4s3)oc2c1. The highest BCUT2D eigenvalue weighted by Crippen LogP contribution is 2.33. The quantitative estimate of drug-likeness (QED) is 0.429. The molecule has 4 rings (SSSR count). The summed E-state index contributed by atoms with van der Waals surface area (Å²) in [5.41, 5.74) is 4.11. The van der Waals surface area contributed by atoms with Crippen molar-refractivity contribution in [1.82, 2.24) is 9.97 Å². The minimum Gasteiger partial charge on any atom is -0.423 e. The minimum atomic E-state index is -0.400. The molecule has 0 unspecified atom stereocenters. The highest BCUT2D eigenvalue weighted by molar-refractivity contribution is 7.22. The van der Waals surface area contributed by atoms with Crippen molar-refractivity contribution in [2.24, 2.45) is 0 Å². The lowest BCUT2D eigenvalue weighted by atomic mass is 10.2. The molecule has 120 valence electrons. The van der Waals surface area contributed by atoms with Crippen LogP contribution in [0, 0.1) is 24.0 Å². The second kappa shape index (κ2) is 5.27. The van der Waals surface area contributed by atoms with Crippen LogP contribution < -0.4 is 5.32 Å². The Balaban J connectivity index is 1.73. The number of nitrogens with zero attached hydrogens (tertiary/aromatic N) is 3.